The van der Waals surface area contributed by atoms with Crippen molar-refractivity contribution in [1.82, 2.24) is 9.88 Å². The van der Waals surface area contributed by atoms with E-state index in [1.807, 2.05) is 48.5 Å². The molecule has 0 saturated carbocycles. The maximum absolute atomic E-state index is 10.9. The Morgan fingerprint density at radius 1 is 1.16 bits per heavy atom. The highest BCUT2D eigenvalue weighted by Crippen LogP contribution is 2.39. The number of aromatic nitrogens is 1. The number of β-amino-alcohol motifs (C(OH)–C–C–N with tert-alkyl or cyclic N) is 1. The van der Waals surface area contributed by atoms with Crippen molar-refractivity contribution < 1.29 is 14.6 Å². The quantitative estimate of drug-likeness (QED) is 0.615. The molecule has 2 aromatic carbocycles. The van der Waals surface area contributed by atoms with Crippen molar-refractivity contribution in [2.24, 2.45) is 0 Å². The maximum Gasteiger partial charge on any atom is 0.131 e. The van der Waals surface area contributed by atoms with Gasteiger partial charge in [-0.25, -0.2) is 0 Å². The molecule has 1 fully saturated rings. The molecule has 1 aromatic heterocycles. The van der Waals surface area contributed by atoms with Crippen LogP contribution in [-0.2, 0) is 12.2 Å². The van der Waals surface area contributed by atoms with E-state index in [0.29, 0.717) is 24.7 Å². The second-order valence-corrected chi connectivity index (χ2v) is 8.74. The van der Waals surface area contributed by atoms with Crippen molar-refractivity contribution in [1.29, 1.82) is 0 Å². The molecule has 164 valence electrons. The van der Waals surface area contributed by atoms with E-state index in [9.17, 15) is 5.11 Å². The van der Waals surface area contributed by atoms with Gasteiger partial charge in [-0.05, 0) is 54.0 Å². The summed E-state index contributed by atoms with van der Waals surface area (Å²) in [6, 6.07) is 17.4. The van der Waals surface area contributed by atoms with Crippen LogP contribution in [-0.4, -0.2) is 41.7 Å². The lowest BCUT2D eigenvalue weighted by Crippen LogP contribution is -2.59. The van der Waals surface area contributed by atoms with Gasteiger partial charge in [-0.3, -0.25) is 9.88 Å². The van der Waals surface area contributed by atoms with Crippen LogP contribution >= 0.6 is 11.6 Å². The van der Waals surface area contributed by atoms with E-state index < -0.39 is 5.60 Å². The van der Waals surface area contributed by atoms with Gasteiger partial charge in [-0.15, -0.1) is 0 Å². The summed E-state index contributed by atoms with van der Waals surface area (Å²) in [4.78, 5) is 6.79. The summed E-state index contributed by atoms with van der Waals surface area (Å²) in [6.07, 6.45) is 4.89. The number of rotatable bonds is 5. The maximum atomic E-state index is 10.9. The molecule has 0 atom stereocenters. The molecule has 1 N–H and O–H groups in total. The van der Waals surface area contributed by atoms with Crippen LogP contribution in [0.15, 0.2) is 66.9 Å². The standard InChI is InChI=1S/C26H25ClN2O3/c1-31-20-10-11-25-23(14-20)21(22-4-2-12-28-24(22)15-32-25)5-3-13-29-16-26(30,17-29)18-6-8-19(27)9-7-18/h2,4-12,14,30H,3,13,15-17H2,1H3/b21-5-. The molecule has 3 aromatic rings. The van der Waals surface area contributed by atoms with Crippen molar-refractivity contribution in [3.8, 4) is 11.5 Å². The van der Waals surface area contributed by atoms with E-state index in [2.05, 4.69) is 22.0 Å². The van der Waals surface area contributed by atoms with E-state index in [1.165, 1.54) is 0 Å². The molecule has 3 heterocycles. The second kappa shape index (κ2) is 8.58. The van der Waals surface area contributed by atoms with E-state index in [0.717, 1.165) is 52.4 Å². The summed E-state index contributed by atoms with van der Waals surface area (Å²) in [7, 11) is 1.67. The zero-order valence-electron chi connectivity index (χ0n) is 17.9. The van der Waals surface area contributed by atoms with E-state index in [-0.39, 0.29) is 0 Å². The van der Waals surface area contributed by atoms with Gasteiger partial charge in [0.05, 0.1) is 12.8 Å². The topological polar surface area (TPSA) is 54.8 Å². The molecule has 0 unspecified atom stereocenters. The van der Waals surface area contributed by atoms with Gasteiger partial charge in [-0.1, -0.05) is 35.9 Å². The van der Waals surface area contributed by atoms with Crippen LogP contribution in [0.3, 0.4) is 0 Å². The Kier molecular flexibility index (Phi) is 5.64. The Hall–Kier alpha value is -2.86. The molecule has 5 nitrogen and oxygen atoms in total. The van der Waals surface area contributed by atoms with Crippen molar-refractivity contribution in [2.45, 2.75) is 18.6 Å². The lowest BCUT2D eigenvalue weighted by Gasteiger charge is -2.47. The highest BCUT2D eigenvalue weighted by Gasteiger charge is 2.42. The van der Waals surface area contributed by atoms with Gasteiger partial charge in [0.1, 0.15) is 23.7 Å². The Balaban J connectivity index is 1.34. The Morgan fingerprint density at radius 2 is 1.97 bits per heavy atom. The zero-order chi connectivity index (χ0) is 22.1. The minimum absolute atomic E-state index is 0.438. The predicted molar refractivity (Wildman–Crippen MR) is 125 cm³/mol. The number of aliphatic hydroxyl groups is 1. The number of nitrogens with zero attached hydrogens (tertiary/aromatic N) is 2. The lowest BCUT2D eigenvalue weighted by molar-refractivity contribution is -0.103. The van der Waals surface area contributed by atoms with Gasteiger partial charge < -0.3 is 14.6 Å². The van der Waals surface area contributed by atoms with Crippen molar-refractivity contribution >= 4 is 17.2 Å². The number of ether oxygens (including phenoxy) is 2. The normalized spacial score (nSPS) is 18.2. The van der Waals surface area contributed by atoms with Gasteiger partial charge in [0.25, 0.3) is 0 Å². The molecular formula is C26H25ClN2O3. The number of fused-ring (bicyclic) bond motifs is 2. The molecule has 2 aliphatic heterocycles. The zero-order valence-corrected chi connectivity index (χ0v) is 18.7. The van der Waals surface area contributed by atoms with E-state index in [4.69, 9.17) is 21.1 Å². The summed E-state index contributed by atoms with van der Waals surface area (Å²) in [5, 5.41) is 11.6. The van der Waals surface area contributed by atoms with E-state index >= 15 is 0 Å². The smallest absolute Gasteiger partial charge is 0.131 e. The van der Waals surface area contributed by atoms with E-state index in [1.54, 1.807) is 13.3 Å². The molecule has 0 aliphatic carbocycles. The summed E-state index contributed by atoms with van der Waals surface area (Å²) in [6.45, 7) is 2.52. The fraction of sp³-hybridized carbons (Fsp3) is 0.269. The third kappa shape index (κ3) is 3.99. The molecular weight excluding hydrogens is 424 g/mol. The molecule has 6 heteroatoms. The number of pyridine rings is 1. The minimum Gasteiger partial charge on any atom is -0.497 e. The summed E-state index contributed by atoms with van der Waals surface area (Å²) in [5.74, 6) is 1.62. The SMILES string of the molecule is COc1ccc2c(c1)/C(=C\CCN1CC(O)(c3ccc(Cl)cc3)C1)c1cccnc1CO2. The second-order valence-electron chi connectivity index (χ2n) is 8.30. The monoisotopic (exact) mass is 448 g/mol. The van der Waals surface area contributed by atoms with Gasteiger partial charge in [0.15, 0.2) is 0 Å². The molecule has 0 amide bonds. The number of methoxy groups -OCH3 is 1. The summed E-state index contributed by atoms with van der Waals surface area (Å²) in [5.41, 5.74) is 4.24. The predicted octanol–water partition coefficient (Wildman–Crippen LogP) is 4.66. The van der Waals surface area contributed by atoms with Crippen molar-refractivity contribution in [3.05, 3.63) is 94.3 Å². The molecule has 32 heavy (non-hydrogen) atoms. The number of halogens is 1. The lowest BCUT2D eigenvalue weighted by atomic mass is 9.86. The fourth-order valence-electron chi connectivity index (χ4n) is 4.47. The Bertz CT molecular complexity index is 1150. The number of benzene rings is 2. The largest absolute Gasteiger partial charge is 0.497 e. The van der Waals surface area contributed by atoms with Crippen LogP contribution in [0.5, 0.6) is 11.5 Å². The third-order valence-electron chi connectivity index (χ3n) is 6.17. The van der Waals surface area contributed by atoms with Gasteiger partial charge >= 0.3 is 0 Å². The van der Waals surface area contributed by atoms with Crippen LogP contribution in [0.4, 0.5) is 0 Å². The Morgan fingerprint density at radius 3 is 2.75 bits per heavy atom. The minimum atomic E-state index is -0.801. The van der Waals surface area contributed by atoms with Crippen molar-refractivity contribution in [3.63, 3.8) is 0 Å². The van der Waals surface area contributed by atoms with Gasteiger partial charge in [0, 0.05) is 42.0 Å². The van der Waals surface area contributed by atoms with Crippen LogP contribution in [0.25, 0.3) is 5.57 Å². The first-order chi connectivity index (χ1) is 15.6. The first kappa shape index (κ1) is 21.0. The number of hydrogen-bond acceptors (Lipinski definition) is 5. The molecule has 0 bridgehead atoms. The molecule has 1 saturated heterocycles. The van der Waals surface area contributed by atoms with Crippen LogP contribution < -0.4 is 9.47 Å². The highest BCUT2D eigenvalue weighted by atomic mass is 35.5. The van der Waals surface area contributed by atoms with Crippen LogP contribution in [0, 0.1) is 0 Å². The highest BCUT2D eigenvalue weighted by molar-refractivity contribution is 6.30. The first-order valence-electron chi connectivity index (χ1n) is 10.7. The molecule has 2 aliphatic rings. The van der Waals surface area contributed by atoms with Crippen molar-refractivity contribution in [2.75, 3.05) is 26.7 Å². The summed E-state index contributed by atoms with van der Waals surface area (Å²) >= 11 is 5.98. The van der Waals surface area contributed by atoms with Crippen LogP contribution in [0.1, 0.15) is 28.8 Å². The number of likely N-dealkylation sites (tertiary alicyclic amines) is 1. The van der Waals surface area contributed by atoms with Gasteiger partial charge in [0.2, 0.25) is 0 Å². The van der Waals surface area contributed by atoms with Gasteiger partial charge in [-0.2, -0.15) is 0 Å². The summed E-state index contributed by atoms with van der Waals surface area (Å²) < 4.78 is 11.5. The average Bonchev–Trinajstić information content (AvgIpc) is 2.95. The number of hydrogen-bond donors (Lipinski definition) is 1. The average molecular weight is 449 g/mol. The van der Waals surface area contributed by atoms with Crippen LogP contribution in [0.2, 0.25) is 5.02 Å². The molecule has 5 rings (SSSR count). The molecule has 0 radical (unpaired) electrons. The fourth-order valence-corrected chi connectivity index (χ4v) is 4.59. The molecule has 0 spiro atoms. The first-order valence-corrected chi connectivity index (χ1v) is 11.1. The third-order valence-corrected chi connectivity index (χ3v) is 6.42. The Labute approximate surface area is 192 Å².